The zero-order valence-corrected chi connectivity index (χ0v) is 25.8. The molecule has 200 valence electrons. The summed E-state index contributed by atoms with van der Waals surface area (Å²) < 4.78 is 22.8. The number of carbonyl (C=O) groups is 3. The van der Waals surface area contributed by atoms with Gasteiger partial charge in [-0.05, 0) is 54.7 Å². The summed E-state index contributed by atoms with van der Waals surface area (Å²) in [4.78, 5) is 38.4. The van der Waals surface area contributed by atoms with Gasteiger partial charge in [0.2, 0.25) is 0 Å². The molecule has 0 radical (unpaired) electrons. The zero-order valence-electron chi connectivity index (χ0n) is 22.6. The molecule has 1 saturated carbocycles. The zero-order chi connectivity index (χ0) is 27.1. The van der Waals surface area contributed by atoms with E-state index in [0.717, 1.165) is 10.8 Å². The molecule has 1 fully saturated rings. The van der Waals surface area contributed by atoms with Crippen molar-refractivity contribution in [2.75, 3.05) is 25.8 Å². The Bertz CT molecular complexity index is 801. The molecule has 2 atom stereocenters. The molecule has 1 aliphatic rings. The number of allylic oxidation sites excluding steroid dienone is 2. The summed E-state index contributed by atoms with van der Waals surface area (Å²) in [7, 11) is 1.71. The SMILES string of the molecule is C=C[C@]1(O[Si](C)(C)C(C)(C)C)C[C@]1(C/C=C/CC(CCCCI)(C(=O)OC)C(=O)OC)C(=O)OC. The molecular weight excluding hydrogens is 579 g/mol. The van der Waals surface area contributed by atoms with Crippen molar-refractivity contribution >= 4 is 48.8 Å². The van der Waals surface area contributed by atoms with E-state index in [0.29, 0.717) is 25.7 Å². The number of unbranched alkanes of at least 4 members (excludes halogenated alkanes) is 1. The van der Waals surface area contributed by atoms with Crippen LogP contribution in [0.25, 0.3) is 0 Å². The molecule has 0 spiro atoms. The number of methoxy groups -OCH3 is 3. The third kappa shape index (κ3) is 6.57. The highest BCUT2D eigenvalue weighted by molar-refractivity contribution is 14.1. The van der Waals surface area contributed by atoms with Crippen molar-refractivity contribution in [1.29, 1.82) is 0 Å². The van der Waals surface area contributed by atoms with E-state index in [2.05, 4.69) is 63.0 Å². The fourth-order valence-corrected chi connectivity index (χ4v) is 6.37. The predicted molar refractivity (Wildman–Crippen MR) is 148 cm³/mol. The average molecular weight is 623 g/mol. The lowest BCUT2D eigenvalue weighted by molar-refractivity contribution is -0.169. The second-order valence-electron chi connectivity index (χ2n) is 10.8. The quantitative estimate of drug-likeness (QED) is 0.0355. The first-order valence-corrected chi connectivity index (χ1v) is 16.4. The van der Waals surface area contributed by atoms with Gasteiger partial charge in [-0.3, -0.25) is 14.4 Å². The van der Waals surface area contributed by atoms with Crippen LogP contribution < -0.4 is 0 Å². The van der Waals surface area contributed by atoms with Crippen molar-refractivity contribution < 1.29 is 33.0 Å². The van der Waals surface area contributed by atoms with Crippen molar-refractivity contribution in [3.63, 3.8) is 0 Å². The molecule has 0 bridgehead atoms. The summed E-state index contributed by atoms with van der Waals surface area (Å²) >= 11 is 2.27. The Morgan fingerprint density at radius 1 is 1.00 bits per heavy atom. The summed E-state index contributed by atoms with van der Waals surface area (Å²) in [5.74, 6) is -1.58. The maximum atomic E-state index is 13.0. The van der Waals surface area contributed by atoms with Crippen LogP contribution in [-0.4, -0.2) is 57.6 Å². The average Bonchev–Trinajstić information content (AvgIpc) is 3.45. The van der Waals surface area contributed by atoms with E-state index in [1.807, 2.05) is 6.08 Å². The number of rotatable bonds is 14. The lowest BCUT2D eigenvalue weighted by Crippen LogP contribution is -2.46. The number of esters is 3. The standard InChI is InChI=1S/C26H43IO7Si/c1-10-26(34-35(8,9)23(2,3)4)19-25(26,22(30)33-7)17-12-11-15-24(20(28)31-5,21(29)32-6)16-13-14-18-27/h10-12H,1,13-19H2,2-9H3/b12-11+/t25-,26+/m1/s1. The molecule has 0 aromatic carbocycles. The topological polar surface area (TPSA) is 88.1 Å². The Morgan fingerprint density at radius 2 is 1.57 bits per heavy atom. The molecule has 0 aromatic rings. The van der Waals surface area contributed by atoms with Crippen LogP contribution in [0.2, 0.25) is 18.1 Å². The molecule has 35 heavy (non-hydrogen) atoms. The molecule has 1 rings (SSSR count). The van der Waals surface area contributed by atoms with E-state index in [4.69, 9.17) is 18.6 Å². The molecule has 0 amide bonds. The van der Waals surface area contributed by atoms with Crippen LogP contribution in [-0.2, 0) is 33.0 Å². The van der Waals surface area contributed by atoms with Crippen LogP contribution >= 0.6 is 22.6 Å². The molecule has 0 N–H and O–H groups in total. The van der Waals surface area contributed by atoms with Gasteiger partial charge in [-0.1, -0.05) is 68.0 Å². The maximum Gasteiger partial charge on any atom is 0.323 e. The van der Waals surface area contributed by atoms with Crippen LogP contribution in [0.15, 0.2) is 24.8 Å². The van der Waals surface area contributed by atoms with E-state index in [9.17, 15) is 14.4 Å². The van der Waals surface area contributed by atoms with Gasteiger partial charge in [-0.25, -0.2) is 0 Å². The Balaban J connectivity index is 3.22. The monoisotopic (exact) mass is 622 g/mol. The van der Waals surface area contributed by atoms with Crippen LogP contribution in [0.3, 0.4) is 0 Å². The highest BCUT2D eigenvalue weighted by atomic mass is 127. The van der Waals surface area contributed by atoms with Gasteiger partial charge in [0.05, 0.1) is 26.9 Å². The van der Waals surface area contributed by atoms with E-state index < -0.39 is 36.7 Å². The van der Waals surface area contributed by atoms with E-state index in [1.165, 1.54) is 21.3 Å². The fourth-order valence-electron chi connectivity index (χ4n) is 4.26. The van der Waals surface area contributed by atoms with Gasteiger partial charge in [-0.15, -0.1) is 6.58 Å². The molecule has 0 aliphatic heterocycles. The highest BCUT2D eigenvalue weighted by Crippen LogP contribution is 2.65. The van der Waals surface area contributed by atoms with Crippen LogP contribution in [0.5, 0.6) is 0 Å². The Morgan fingerprint density at radius 3 is 2.00 bits per heavy atom. The molecule has 1 aliphatic carbocycles. The van der Waals surface area contributed by atoms with Gasteiger partial charge in [0.25, 0.3) is 0 Å². The molecule has 9 heteroatoms. The first kappa shape index (κ1) is 31.8. The van der Waals surface area contributed by atoms with E-state index in [1.54, 1.807) is 12.2 Å². The normalized spacial score (nSPS) is 22.5. The lowest BCUT2D eigenvalue weighted by atomic mass is 9.79. The van der Waals surface area contributed by atoms with Crippen molar-refractivity contribution in [1.82, 2.24) is 0 Å². The minimum absolute atomic E-state index is 0.0398. The fraction of sp³-hybridized carbons (Fsp3) is 0.731. The van der Waals surface area contributed by atoms with Crippen molar-refractivity contribution in [2.45, 2.75) is 83.0 Å². The highest BCUT2D eigenvalue weighted by Gasteiger charge is 2.73. The third-order valence-electron chi connectivity index (χ3n) is 7.64. The van der Waals surface area contributed by atoms with E-state index in [-0.39, 0.29) is 17.4 Å². The Hall–Kier alpha value is -1.20. The van der Waals surface area contributed by atoms with Gasteiger partial charge < -0.3 is 18.6 Å². The third-order valence-corrected chi connectivity index (χ3v) is 12.9. The van der Waals surface area contributed by atoms with E-state index >= 15 is 0 Å². The predicted octanol–water partition coefficient (Wildman–Crippen LogP) is 5.77. The Labute approximate surface area is 225 Å². The first-order valence-electron chi connectivity index (χ1n) is 12.0. The second kappa shape index (κ2) is 12.4. The van der Waals surface area contributed by atoms with Gasteiger partial charge >= 0.3 is 17.9 Å². The molecule has 7 nitrogen and oxygen atoms in total. The minimum atomic E-state index is -2.21. The maximum absolute atomic E-state index is 13.0. The summed E-state index contributed by atoms with van der Waals surface area (Å²) in [6, 6.07) is 0. The summed E-state index contributed by atoms with van der Waals surface area (Å²) in [5, 5.41) is -0.0398. The van der Waals surface area contributed by atoms with Gasteiger partial charge in [-0.2, -0.15) is 0 Å². The molecule has 0 saturated heterocycles. The van der Waals surface area contributed by atoms with Gasteiger partial charge in [0.1, 0.15) is 5.41 Å². The minimum Gasteiger partial charge on any atom is -0.468 e. The molecular formula is C26H43IO7Si. The molecule has 0 unspecified atom stereocenters. The second-order valence-corrected chi connectivity index (χ2v) is 16.6. The van der Waals surface area contributed by atoms with Crippen LogP contribution in [0.1, 0.15) is 59.3 Å². The Kier molecular flexibility index (Phi) is 11.2. The number of alkyl halides is 1. The number of carbonyl (C=O) groups excluding carboxylic acids is 3. The number of ether oxygens (including phenoxy) is 3. The van der Waals surface area contributed by atoms with Crippen molar-refractivity contribution in [2.24, 2.45) is 10.8 Å². The summed E-state index contributed by atoms with van der Waals surface area (Å²) in [5.41, 5.74) is -3.12. The van der Waals surface area contributed by atoms with Crippen molar-refractivity contribution in [3.05, 3.63) is 24.8 Å². The van der Waals surface area contributed by atoms with Gasteiger partial charge in [0, 0.05) is 0 Å². The smallest absolute Gasteiger partial charge is 0.323 e. The molecule has 0 aromatic heterocycles. The van der Waals surface area contributed by atoms with Crippen LogP contribution in [0.4, 0.5) is 0 Å². The summed E-state index contributed by atoms with van der Waals surface area (Å²) in [6.45, 7) is 14.7. The number of hydrogen-bond donors (Lipinski definition) is 0. The van der Waals surface area contributed by atoms with Gasteiger partial charge in [0.15, 0.2) is 13.7 Å². The largest absolute Gasteiger partial charge is 0.468 e. The number of halogens is 1. The number of hydrogen-bond acceptors (Lipinski definition) is 7. The summed E-state index contributed by atoms with van der Waals surface area (Å²) in [6.07, 6.45) is 8.15. The first-order chi connectivity index (χ1) is 16.2. The lowest BCUT2D eigenvalue weighted by Gasteiger charge is -2.40. The van der Waals surface area contributed by atoms with Crippen molar-refractivity contribution in [3.8, 4) is 0 Å². The molecule has 0 heterocycles. The van der Waals surface area contributed by atoms with Crippen LogP contribution in [0, 0.1) is 10.8 Å².